The maximum atomic E-state index is 11.9. The van der Waals surface area contributed by atoms with Gasteiger partial charge < -0.3 is 15.3 Å². The first-order chi connectivity index (χ1) is 13.9. The number of fused-ring (bicyclic) bond motifs is 1. The van der Waals surface area contributed by atoms with Crippen molar-refractivity contribution in [1.82, 2.24) is 20.2 Å². The molecule has 0 fully saturated rings. The Kier molecular flexibility index (Phi) is 5.92. The summed E-state index contributed by atoms with van der Waals surface area (Å²) >= 11 is 0. The molecule has 0 atom stereocenters. The number of aryl methyl sites for hydroxylation is 1. The molecule has 2 aromatic heterocycles. The predicted molar refractivity (Wildman–Crippen MR) is 112 cm³/mol. The van der Waals surface area contributed by atoms with E-state index in [0.717, 1.165) is 33.2 Å². The van der Waals surface area contributed by atoms with Gasteiger partial charge in [0.15, 0.2) is 0 Å². The lowest BCUT2D eigenvalue weighted by Crippen LogP contribution is -2.28. The van der Waals surface area contributed by atoms with E-state index in [2.05, 4.69) is 20.6 Å². The molecular formula is C21H23N5O3. The Morgan fingerprint density at radius 2 is 1.93 bits per heavy atom. The quantitative estimate of drug-likeness (QED) is 0.610. The smallest absolute Gasteiger partial charge is 0.407 e. The van der Waals surface area contributed by atoms with Crippen LogP contribution in [0.25, 0.3) is 21.9 Å². The summed E-state index contributed by atoms with van der Waals surface area (Å²) in [5.41, 5.74) is 3.65. The molecule has 3 amide bonds. The van der Waals surface area contributed by atoms with Crippen LogP contribution in [-0.2, 0) is 6.54 Å². The monoisotopic (exact) mass is 393 g/mol. The van der Waals surface area contributed by atoms with Crippen LogP contribution in [-0.4, -0.2) is 45.7 Å². The molecule has 1 aromatic carbocycles. The van der Waals surface area contributed by atoms with Gasteiger partial charge in [-0.25, -0.2) is 14.6 Å². The number of carbonyl (C=O) groups is 2. The number of benzene rings is 1. The van der Waals surface area contributed by atoms with E-state index in [4.69, 9.17) is 0 Å². The predicted octanol–water partition coefficient (Wildman–Crippen LogP) is 3.86. The molecular weight excluding hydrogens is 370 g/mol. The normalized spacial score (nSPS) is 10.6. The van der Waals surface area contributed by atoms with E-state index in [1.54, 1.807) is 18.5 Å². The molecule has 8 heteroatoms. The SMILES string of the molecule is CCNC(=O)Nc1cc2c(-c3ccnc(C)c3)ccc(CN(C)C(=O)O)c2cn1. The third kappa shape index (κ3) is 4.60. The third-order valence-electron chi connectivity index (χ3n) is 4.51. The number of nitrogens with one attached hydrogen (secondary N) is 2. The Bertz CT molecular complexity index is 1070. The number of anilines is 1. The lowest BCUT2D eigenvalue weighted by atomic mass is 9.96. The minimum absolute atomic E-state index is 0.228. The van der Waals surface area contributed by atoms with Crippen molar-refractivity contribution in [2.45, 2.75) is 20.4 Å². The van der Waals surface area contributed by atoms with Gasteiger partial charge in [0.2, 0.25) is 0 Å². The van der Waals surface area contributed by atoms with Crippen molar-refractivity contribution >= 4 is 28.7 Å². The molecule has 2 heterocycles. The summed E-state index contributed by atoms with van der Waals surface area (Å²) in [4.78, 5) is 33.0. The van der Waals surface area contributed by atoms with Gasteiger partial charge in [-0.05, 0) is 54.1 Å². The zero-order valence-electron chi connectivity index (χ0n) is 16.6. The molecule has 3 rings (SSSR count). The van der Waals surface area contributed by atoms with Crippen LogP contribution in [0.15, 0.2) is 42.7 Å². The number of hydrogen-bond donors (Lipinski definition) is 3. The molecule has 3 N–H and O–H groups in total. The Hall–Kier alpha value is -3.68. The Labute approximate surface area is 168 Å². The van der Waals surface area contributed by atoms with Crippen LogP contribution in [0.5, 0.6) is 0 Å². The topological polar surface area (TPSA) is 107 Å². The van der Waals surface area contributed by atoms with E-state index in [1.807, 2.05) is 38.1 Å². The molecule has 0 radical (unpaired) electrons. The van der Waals surface area contributed by atoms with E-state index in [-0.39, 0.29) is 12.6 Å². The summed E-state index contributed by atoms with van der Waals surface area (Å²) in [6, 6.07) is 9.24. The van der Waals surface area contributed by atoms with Crippen molar-refractivity contribution in [1.29, 1.82) is 0 Å². The van der Waals surface area contributed by atoms with Crippen molar-refractivity contribution in [3.8, 4) is 11.1 Å². The summed E-state index contributed by atoms with van der Waals surface area (Å²) in [5.74, 6) is 0.416. The summed E-state index contributed by atoms with van der Waals surface area (Å²) in [7, 11) is 1.52. The van der Waals surface area contributed by atoms with E-state index in [1.165, 1.54) is 11.9 Å². The molecule has 8 nitrogen and oxygen atoms in total. The zero-order chi connectivity index (χ0) is 21.0. The third-order valence-corrected chi connectivity index (χ3v) is 4.51. The molecule has 0 spiro atoms. The fraction of sp³-hybridized carbons (Fsp3) is 0.238. The van der Waals surface area contributed by atoms with Crippen molar-refractivity contribution in [3.05, 3.63) is 54.0 Å². The first-order valence-electron chi connectivity index (χ1n) is 9.22. The summed E-state index contributed by atoms with van der Waals surface area (Å²) in [6.45, 7) is 4.49. The molecule has 3 aromatic rings. The first-order valence-corrected chi connectivity index (χ1v) is 9.22. The van der Waals surface area contributed by atoms with Gasteiger partial charge in [-0.3, -0.25) is 10.3 Å². The molecule has 0 aliphatic rings. The summed E-state index contributed by atoms with van der Waals surface area (Å²) in [5, 5.41) is 16.3. The largest absolute Gasteiger partial charge is 0.465 e. The van der Waals surface area contributed by atoms with Gasteiger partial charge in [0, 0.05) is 43.6 Å². The molecule has 29 heavy (non-hydrogen) atoms. The van der Waals surface area contributed by atoms with Crippen molar-refractivity contribution in [2.75, 3.05) is 18.9 Å². The van der Waals surface area contributed by atoms with E-state index in [0.29, 0.717) is 12.4 Å². The molecule has 0 unspecified atom stereocenters. The number of nitrogens with zero attached hydrogens (tertiary/aromatic N) is 3. The molecule has 150 valence electrons. The number of rotatable bonds is 5. The highest BCUT2D eigenvalue weighted by molar-refractivity contribution is 6.01. The van der Waals surface area contributed by atoms with Crippen LogP contribution >= 0.6 is 0 Å². The van der Waals surface area contributed by atoms with E-state index in [9.17, 15) is 14.7 Å². The second kappa shape index (κ2) is 8.55. The van der Waals surface area contributed by atoms with Gasteiger partial charge in [0.1, 0.15) is 5.82 Å². The molecule has 0 bridgehead atoms. The standard InChI is InChI=1S/C21H23N5O3/c1-4-22-20(27)25-19-10-17-16(14-7-8-23-13(2)9-14)6-5-15(18(17)11-24-19)12-26(3)21(28)29/h5-11H,4,12H2,1-3H3,(H,28,29)(H2,22,24,25,27). The van der Waals surface area contributed by atoms with Gasteiger partial charge in [-0.15, -0.1) is 0 Å². The second-order valence-corrected chi connectivity index (χ2v) is 6.70. The first kappa shape index (κ1) is 20.1. The zero-order valence-corrected chi connectivity index (χ0v) is 16.6. The number of carbonyl (C=O) groups excluding carboxylic acids is 1. The fourth-order valence-corrected chi connectivity index (χ4v) is 3.11. The molecule has 0 aliphatic heterocycles. The Morgan fingerprint density at radius 1 is 1.14 bits per heavy atom. The van der Waals surface area contributed by atoms with Crippen LogP contribution < -0.4 is 10.6 Å². The molecule has 0 saturated heterocycles. The molecule has 0 aliphatic carbocycles. The average molecular weight is 393 g/mol. The number of aromatic nitrogens is 2. The van der Waals surface area contributed by atoms with Crippen LogP contribution in [0.1, 0.15) is 18.2 Å². The van der Waals surface area contributed by atoms with Crippen LogP contribution in [0.4, 0.5) is 15.4 Å². The summed E-state index contributed by atoms with van der Waals surface area (Å²) in [6.07, 6.45) is 2.41. The number of urea groups is 1. The van der Waals surface area contributed by atoms with Gasteiger partial charge in [-0.1, -0.05) is 12.1 Å². The summed E-state index contributed by atoms with van der Waals surface area (Å²) < 4.78 is 0. The Morgan fingerprint density at radius 3 is 2.62 bits per heavy atom. The molecule has 0 saturated carbocycles. The van der Waals surface area contributed by atoms with Gasteiger partial charge in [0.05, 0.1) is 0 Å². The maximum Gasteiger partial charge on any atom is 0.407 e. The highest BCUT2D eigenvalue weighted by Gasteiger charge is 2.14. The number of hydrogen-bond acceptors (Lipinski definition) is 4. The number of amides is 3. The minimum Gasteiger partial charge on any atom is -0.465 e. The highest BCUT2D eigenvalue weighted by atomic mass is 16.4. The van der Waals surface area contributed by atoms with Crippen molar-refractivity contribution in [2.24, 2.45) is 0 Å². The maximum absolute atomic E-state index is 11.9. The lowest BCUT2D eigenvalue weighted by molar-refractivity contribution is 0.154. The number of carboxylic acid groups (broad SMARTS) is 1. The van der Waals surface area contributed by atoms with E-state index < -0.39 is 6.09 Å². The lowest BCUT2D eigenvalue weighted by Gasteiger charge is -2.17. The van der Waals surface area contributed by atoms with Gasteiger partial charge in [0.25, 0.3) is 0 Å². The Balaban J connectivity index is 2.13. The van der Waals surface area contributed by atoms with Crippen molar-refractivity contribution in [3.63, 3.8) is 0 Å². The minimum atomic E-state index is -1.01. The van der Waals surface area contributed by atoms with Crippen LogP contribution in [0, 0.1) is 6.92 Å². The van der Waals surface area contributed by atoms with Gasteiger partial charge >= 0.3 is 12.1 Å². The fourth-order valence-electron chi connectivity index (χ4n) is 3.11. The van der Waals surface area contributed by atoms with Crippen molar-refractivity contribution < 1.29 is 14.7 Å². The number of pyridine rings is 2. The van der Waals surface area contributed by atoms with Crippen LogP contribution in [0.2, 0.25) is 0 Å². The highest BCUT2D eigenvalue weighted by Crippen LogP contribution is 2.32. The van der Waals surface area contributed by atoms with Gasteiger partial charge in [-0.2, -0.15) is 0 Å². The van der Waals surface area contributed by atoms with E-state index >= 15 is 0 Å². The van der Waals surface area contributed by atoms with Crippen LogP contribution in [0.3, 0.4) is 0 Å². The average Bonchev–Trinajstić information content (AvgIpc) is 2.68. The second-order valence-electron chi connectivity index (χ2n) is 6.70.